The van der Waals surface area contributed by atoms with Crippen LogP contribution < -0.4 is 10.6 Å². The molecule has 6 nitrogen and oxygen atoms in total. The predicted molar refractivity (Wildman–Crippen MR) is 60.4 cm³/mol. The third kappa shape index (κ3) is 3.36. The van der Waals surface area contributed by atoms with Gasteiger partial charge in [0.1, 0.15) is 5.82 Å². The quantitative estimate of drug-likeness (QED) is 0.878. The molecule has 0 saturated heterocycles. The number of alkyl halides is 3. The standard InChI is InChI=1S/C10H14F3N5O/c1-5-15-8(17-18(5)2)16-9(19)14-4-6-3-7(6)10(11,12)13/h6-7H,3-4H2,1-2H3,(H2,14,16,17,19)/t6-,7+/m0/s1. The number of halogens is 3. The Balaban J connectivity index is 1.74. The molecule has 0 bridgehead atoms. The number of anilines is 1. The monoisotopic (exact) mass is 277 g/mol. The molecule has 1 heterocycles. The van der Waals surface area contributed by atoms with E-state index in [1.54, 1.807) is 14.0 Å². The second-order valence-electron chi connectivity index (χ2n) is 4.59. The van der Waals surface area contributed by atoms with Crippen molar-refractivity contribution in [1.29, 1.82) is 0 Å². The number of rotatable bonds is 3. The summed E-state index contributed by atoms with van der Waals surface area (Å²) in [5.41, 5.74) is 0. The first-order valence-electron chi connectivity index (χ1n) is 5.76. The molecule has 19 heavy (non-hydrogen) atoms. The van der Waals surface area contributed by atoms with E-state index in [1.807, 2.05) is 0 Å². The molecule has 2 rings (SSSR count). The minimum atomic E-state index is -4.16. The van der Waals surface area contributed by atoms with Gasteiger partial charge in [-0.25, -0.2) is 4.79 Å². The first-order valence-corrected chi connectivity index (χ1v) is 5.76. The van der Waals surface area contributed by atoms with Crippen LogP contribution in [0.15, 0.2) is 0 Å². The van der Waals surface area contributed by atoms with E-state index in [0.29, 0.717) is 5.82 Å². The highest BCUT2D eigenvalue weighted by molar-refractivity contribution is 5.87. The number of aryl methyl sites for hydroxylation is 2. The van der Waals surface area contributed by atoms with E-state index in [0.717, 1.165) is 0 Å². The van der Waals surface area contributed by atoms with Crippen LogP contribution in [0.3, 0.4) is 0 Å². The summed E-state index contributed by atoms with van der Waals surface area (Å²) in [7, 11) is 1.67. The van der Waals surface area contributed by atoms with E-state index in [-0.39, 0.29) is 18.9 Å². The van der Waals surface area contributed by atoms with E-state index in [9.17, 15) is 18.0 Å². The fourth-order valence-electron chi connectivity index (χ4n) is 1.76. The van der Waals surface area contributed by atoms with Crippen molar-refractivity contribution >= 4 is 12.0 Å². The molecule has 0 unspecified atom stereocenters. The normalized spacial score (nSPS) is 22.2. The topological polar surface area (TPSA) is 71.8 Å². The van der Waals surface area contributed by atoms with Gasteiger partial charge in [-0.15, -0.1) is 5.10 Å². The lowest BCUT2D eigenvalue weighted by Crippen LogP contribution is -2.31. The molecule has 9 heteroatoms. The summed E-state index contributed by atoms with van der Waals surface area (Å²) in [6.45, 7) is 1.72. The summed E-state index contributed by atoms with van der Waals surface area (Å²) in [6.07, 6.45) is -4.09. The van der Waals surface area contributed by atoms with Crippen LogP contribution in [0.5, 0.6) is 0 Å². The van der Waals surface area contributed by atoms with Crippen molar-refractivity contribution < 1.29 is 18.0 Å². The summed E-state index contributed by atoms with van der Waals surface area (Å²) >= 11 is 0. The molecule has 2 atom stereocenters. The Morgan fingerprint density at radius 2 is 2.21 bits per heavy atom. The second-order valence-corrected chi connectivity index (χ2v) is 4.59. The van der Waals surface area contributed by atoms with Gasteiger partial charge in [-0.3, -0.25) is 10.00 Å². The highest BCUT2D eigenvalue weighted by Crippen LogP contribution is 2.49. The third-order valence-corrected chi connectivity index (χ3v) is 3.07. The van der Waals surface area contributed by atoms with Crippen LogP contribution in [0.1, 0.15) is 12.2 Å². The van der Waals surface area contributed by atoms with Gasteiger partial charge >= 0.3 is 12.2 Å². The molecular formula is C10H14F3N5O. The van der Waals surface area contributed by atoms with Crippen molar-refractivity contribution in [1.82, 2.24) is 20.1 Å². The predicted octanol–water partition coefficient (Wildman–Crippen LogP) is 1.44. The van der Waals surface area contributed by atoms with Crippen molar-refractivity contribution in [2.24, 2.45) is 18.9 Å². The summed E-state index contributed by atoms with van der Waals surface area (Å²) < 4.78 is 38.3. The Morgan fingerprint density at radius 3 is 2.68 bits per heavy atom. The minimum Gasteiger partial charge on any atom is -0.337 e. The maximum Gasteiger partial charge on any atom is 0.392 e. The van der Waals surface area contributed by atoms with Gasteiger partial charge in [-0.2, -0.15) is 18.2 Å². The highest BCUT2D eigenvalue weighted by atomic mass is 19.4. The van der Waals surface area contributed by atoms with Gasteiger partial charge in [-0.1, -0.05) is 0 Å². The Labute approximate surface area is 107 Å². The molecule has 1 fully saturated rings. The Morgan fingerprint density at radius 1 is 1.53 bits per heavy atom. The van der Waals surface area contributed by atoms with Gasteiger partial charge in [0, 0.05) is 13.6 Å². The van der Waals surface area contributed by atoms with Crippen LogP contribution in [0.4, 0.5) is 23.9 Å². The molecule has 2 amide bonds. The number of urea groups is 1. The molecule has 0 aliphatic heterocycles. The van der Waals surface area contributed by atoms with Crippen molar-refractivity contribution in [2.75, 3.05) is 11.9 Å². The molecule has 1 aromatic heterocycles. The molecule has 1 aliphatic rings. The van der Waals surface area contributed by atoms with E-state index >= 15 is 0 Å². The van der Waals surface area contributed by atoms with Gasteiger partial charge in [0.25, 0.3) is 0 Å². The molecule has 0 aromatic carbocycles. The highest BCUT2D eigenvalue weighted by Gasteiger charge is 2.55. The number of carbonyl (C=O) groups excluding carboxylic acids is 1. The van der Waals surface area contributed by atoms with Crippen LogP contribution in [0.2, 0.25) is 0 Å². The lowest BCUT2D eigenvalue weighted by molar-refractivity contribution is -0.150. The lowest BCUT2D eigenvalue weighted by Gasteiger charge is -2.06. The van der Waals surface area contributed by atoms with Gasteiger partial charge in [0.05, 0.1) is 5.92 Å². The molecule has 1 aromatic rings. The van der Waals surface area contributed by atoms with Crippen molar-refractivity contribution in [3.8, 4) is 0 Å². The molecule has 2 N–H and O–H groups in total. The SMILES string of the molecule is Cc1nc(NC(=O)NC[C@@H]2C[C@H]2C(F)(F)F)nn1C. The van der Waals surface area contributed by atoms with E-state index < -0.39 is 24.0 Å². The molecule has 0 spiro atoms. The van der Waals surface area contributed by atoms with Gasteiger partial charge in [0.2, 0.25) is 5.95 Å². The Kier molecular flexibility index (Phi) is 3.38. The van der Waals surface area contributed by atoms with E-state index in [1.165, 1.54) is 4.68 Å². The largest absolute Gasteiger partial charge is 0.392 e. The summed E-state index contributed by atoms with van der Waals surface area (Å²) in [6, 6.07) is -0.599. The fraction of sp³-hybridized carbons (Fsp3) is 0.700. The Hall–Kier alpha value is -1.80. The van der Waals surface area contributed by atoms with Gasteiger partial charge in [-0.05, 0) is 19.3 Å². The zero-order valence-electron chi connectivity index (χ0n) is 10.5. The number of hydrogen-bond donors (Lipinski definition) is 2. The Bertz CT molecular complexity index is 464. The van der Waals surface area contributed by atoms with E-state index in [2.05, 4.69) is 20.7 Å². The maximum atomic E-state index is 12.3. The summed E-state index contributed by atoms with van der Waals surface area (Å²) in [4.78, 5) is 15.4. The fourth-order valence-corrected chi connectivity index (χ4v) is 1.76. The zero-order chi connectivity index (χ0) is 14.2. The molecular weight excluding hydrogens is 263 g/mol. The smallest absolute Gasteiger partial charge is 0.337 e. The first-order chi connectivity index (χ1) is 8.77. The first kappa shape index (κ1) is 13.6. The summed E-state index contributed by atoms with van der Waals surface area (Å²) in [5, 5.41) is 8.65. The van der Waals surface area contributed by atoms with Crippen LogP contribution in [0, 0.1) is 18.8 Å². The van der Waals surface area contributed by atoms with Gasteiger partial charge < -0.3 is 5.32 Å². The lowest BCUT2D eigenvalue weighted by atomic mass is 10.3. The van der Waals surface area contributed by atoms with E-state index in [4.69, 9.17) is 0 Å². The third-order valence-electron chi connectivity index (χ3n) is 3.07. The average Bonchev–Trinajstić information content (AvgIpc) is 2.99. The number of amides is 2. The summed E-state index contributed by atoms with van der Waals surface area (Å²) in [5.74, 6) is -1.07. The molecule has 106 valence electrons. The molecule has 0 radical (unpaired) electrons. The molecule has 1 saturated carbocycles. The zero-order valence-corrected chi connectivity index (χ0v) is 10.5. The number of hydrogen-bond acceptors (Lipinski definition) is 3. The van der Waals surface area contributed by atoms with Crippen LogP contribution in [-0.4, -0.2) is 33.5 Å². The van der Waals surface area contributed by atoms with Crippen LogP contribution in [0.25, 0.3) is 0 Å². The van der Waals surface area contributed by atoms with Crippen LogP contribution in [-0.2, 0) is 7.05 Å². The average molecular weight is 277 g/mol. The number of nitrogens with zero attached hydrogens (tertiary/aromatic N) is 3. The minimum absolute atomic E-state index is 0.00181. The van der Waals surface area contributed by atoms with Gasteiger partial charge in [0.15, 0.2) is 0 Å². The number of nitrogens with one attached hydrogen (secondary N) is 2. The van der Waals surface area contributed by atoms with Crippen molar-refractivity contribution in [2.45, 2.75) is 19.5 Å². The van der Waals surface area contributed by atoms with Crippen molar-refractivity contribution in [3.63, 3.8) is 0 Å². The molecule has 1 aliphatic carbocycles. The number of carbonyl (C=O) groups is 1. The van der Waals surface area contributed by atoms with Crippen LogP contribution >= 0.6 is 0 Å². The second kappa shape index (κ2) is 4.71. The number of aromatic nitrogens is 3. The van der Waals surface area contributed by atoms with Crippen molar-refractivity contribution in [3.05, 3.63) is 5.82 Å². The maximum absolute atomic E-state index is 12.3.